The number of carbonyl (C=O) groups is 3. The van der Waals surface area contributed by atoms with Crippen molar-refractivity contribution in [2.45, 2.75) is 38.6 Å². The van der Waals surface area contributed by atoms with Crippen LogP contribution >= 0.6 is 0 Å². The van der Waals surface area contributed by atoms with E-state index < -0.39 is 5.97 Å². The van der Waals surface area contributed by atoms with Crippen LogP contribution in [0.4, 0.5) is 0 Å². The number of Topliss-reactive ketones (excluding diaryl/α,β-unsaturated/α-hetero) is 1. The monoisotopic (exact) mass is 409 g/mol. The number of aryl methyl sites for hydroxylation is 1. The molecule has 1 atom stereocenters. The summed E-state index contributed by atoms with van der Waals surface area (Å²) >= 11 is 0. The predicted molar refractivity (Wildman–Crippen MR) is 112 cm³/mol. The minimum atomic E-state index is -0.557. The van der Waals surface area contributed by atoms with Crippen molar-refractivity contribution in [3.63, 3.8) is 0 Å². The highest BCUT2D eigenvalue weighted by Crippen LogP contribution is 2.41. The van der Waals surface area contributed by atoms with E-state index in [4.69, 9.17) is 9.47 Å². The number of nitrogens with one attached hydrogen (secondary N) is 1. The Balaban J connectivity index is 1.44. The summed E-state index contributed by atoms with van der Waals surface area (Å²) in [5, 5.41) is 2.96. The maximum absolute atomic E-state index is 12.3. The van der Waals surface area contributed by atoms with Gasteiger partial charge in [0.1, 0.15) is 5.75 Å². The van der Waals surface area contributed by atoms with E-state index in [-0.39, 0.29) is 37.2 Å². The fourth-order valence-corrected chi connectivity index (χ4v) is 3.25. The summed E-state index contributed by atoms with van der Waals surface area (Å²) < 4.78 is 10.2. The first kappa shape index (κ1) is 21.6. The molecule has 1 N–H and O–H groups in total. The minimum absolute atomic E-state index is 0.0511. The van der Waals surface area contributed by atoms with Gasteiger partial charge in [-0.25, -0.2) is 0 Å². The van der Waals surface area contributed by atoms with Crippen molar-refractivity contribution in [3.8, 4) is 5.75 Å². The molecule has 6 heteroatoms. The second-order valence-corrected chi connectivity index (χ2v) is 7.61. The van der Waals surface area contributed by atoms with Gasteiger partial charge in [0.2, 0.25) is 0 Å². The number of ether oxygens (including phenoxy) is 2. The molecule has 0 saturated heterocycles. The summed E-state index contributed by atoms with van der Waals surface area (Å²) in [5.74, 6) is 0.127. The van der Waals surface area contributed by atoms with E-state index in [1.54, 1.807) is 19.2 Å². The normalized spacial score (nSPS) is 13.9. The lowest BCUT2D eigenvalue weighted by molar-refractivity contribution is -0.148. The average molecular weight is 409 g/mol. The van der Waals surface area contributed by atoms with Crippen LogP contribution in [-0.2, 0) is 14.3 Å². The highest BCUT2D eigenvalue weighted by molar-refractivity contribution is 5.97. The molecule has 0 heterocycles. The Kier molecular flexibility index (Phi) is 7.22. The molecular formula is C24H27NO5. The molecule has 2 aromatic carbocycles. The van der Waals surface area contributed by atoms with Crippen LogP contribution in [0.25, 0.3) is 0 Å². The first-order chi connectivity index (χ1) is 14.5. The van der Waals surface area contributed by atoms with Crippen molar-refractivity contribution >= 4 is 17.7 Å². The van der Waals surface area contributed by atoms with Gasteiger partial charge in [-0.15, -0.1) is 0 Å². The molecule has 1 amide bonds. The highest BCUT2D eigenvalue weighted by Gasteiger charge is 2.33. The van der Waals surface area contributed by atoms with E-state index in [1.807, 2.05) is 43.3 Å². The van der Waals surface area contributed by atoms with Crippen molar-refractivity contribution in [2.75, 3.05) is 13.7 Å². The van der Waals surface area contributed by atoms with Crippen molar-refractivity contribution in [1.29, 1.82) is 0 Å². The van der Waals surface area contributed by atoms with Crippen LogP contribution in [-0.4, -0.2) is 31.4 Å². The zero-order chi connectivity index (χ0) is 21.5. The van der Waals surface area contributed by atoms with Crippen molar-refractivity contribution in [2.24, 2.45) is 5.92 Å². The number of hydrogen-bond acceptors (Lipinski definition) is 5. The van der Waals surface area contributed by atoms with Gasteiger partial charge in [0.05, 0.1) is 19.6 Å². The van der Waals surface area contributed by atoms with E-state index in [1.165, 1.54) is 0 Å². The topological polar surface area (TPSA) is 81.7 Å². The molecule has 1 saturated carbocycles. The Morgan fingerprint density at radius 1 is 1.00 bits per heavy atom. The summed E-state index contributed by atoms with van der Waals surface area (Å²) in [6.07, 6.45) is 2.11. The Morgan fingerprint density at radius 3 is 2.27 bits per heavy atom. The molecular weight excluding hydrogens is 382 g/mol. The van der Waals surface area contributed by atoms with Crippen molar-refractivity contribution in [1.82, 2.24) is 5.32 Å². The molecule has 0 aliphatic heterocycles. The van der Waals surface area contributed by atoms with Gasteiger partial charge < -0.3 is 14.8 Å². The first-order valence-electron chi connectivity index (χ1n) is 10.1. The summed E-state index contributed by atoms with van der Waals surface area (Å²) in [4.78, 5) is 36.4. The largest absolute Gasteiger partial charge is 0.497 e. The lowest BCUT2D eigenvalue weighted by atomic mass is 10.0. The first-order valence-corrected chi connectivity index (χ1v) is 10.1. The molecule has 0 spiro atoms. The van der Waals surface area contributed by atoms with E-state index in [9.17, 15) is 14.4 Å². The number of carbonyl (C=O) groups excluding carboxylic acids is 3. The third kappa shape index (κ3) is 6.17. The fraction of sp³-hybridized carbons (Fsp3) is 0.375. The van der Waals surface area contributed by atoms with E-state index in [0.29, 0.717) is 11.5 Å². The third-order valence-corrected chi connectivity index (χ3v) is 5.18. The number of esters is 1. The molecule has 158 valence electrons. The summed E-state index contributed by atoms with van der Waals surface area (Å²) in [6.45, 7) is 1.59. The van der Waals surface area contributed by atoms with Crippen molar-refractivity contribution < 1.29 is 23.9 Å². The lowest BCUT2D eigenvalue weighted by Crippen LogP contribution is -2.33. The molecule has 30 heavy (non-hydrogen) atoms. The third-order valence-electron chi connectivity index (χ3n) is 5.18. The average Bonchev–Trinajstić information content (AvgIpc) is 3.60. The molecule has 3 rings (SSSR count). The molecule has 0 bridgehead atoms. The van der Waals surface area contributed by atoms with Gasteiger partial charge in [-0.05, 0) is 43.4 Å². The molecule has 1 unspecified atom stereocenters. The van der Waals surface area contributed by atoms with Crippen molar-refractivity contribution in [3.05, 3.63) is 65.2 Å². The quantitative estimate of drug-likeness (QED) is 0.477. The van der Waals surface area contributed by atoms with Crippen LogP contribution in [0.2, 0.25) is 0 Å². The molecule has 1 aliphatic rings. The molecule has 1 fully saturated rings. The fourth-order valence-electron chi connectivity index (χ4n) is 3.25. The lowest BCUT2D eigenvalue weighted by Gasteiger charge is -2.19. The standard InChI is InChI=1S/C24H27NO5/c1-16-3-5-17(6-4-16)21(26)13-14-23(28)30-15-22(27)25-24(18-7-8-18)19-9-11-20(29-2)12-10-19/h3-6,9-12,18,24H,7-8,13-15H2,1-2H3,(H,25,27). The van der Waals surface area contributed by atoms with Crippen LogP contribution in [0.1, 0.15) is 53.2 Å². The zero-order valence-corrected chi connectivity index (χ0v) is 17.4. The number of ketones is 1. The van der Waals surface area contributed by atoms with Gasteiger partial charge in [-0.1, -0.05) is 42.0 Å². The number of rotatable bonds is 10. The van der Waals surface area contributed by atoms with E-state index in [2.05, 4.69) is 5.32 Å². The molecule has 6 nitrogen and oxygen atoms in total. The van der Waals surface area contributed by atoms with E-state index >= 15 is 0 Å². The Bertz CT molecular complexity index is 885. The molecule has 2 aromatic rings. The smallest absolute Gasteiger partial charge is 0.306 e. The maximum atomic E-state index is 12.3. The van der Waals surface area contributed by atoms with Gasteiger partial charge in [0.25, 0.3) is 5.91 Å². The van der Waals surface area contributed by atoms with Crippen LogP contribution in [0.3, 0.4) is 0 Å². The van der Waals surface area contributed by atoms with Crippen LogP contribution in [0.15, 0.2) is 48.5 Å². The number of benzene rings is 2. The van der Waals surface area contributed by atoms with Crippen LogP contribution < -0.4 is 10.1 Å². The van der Waals surface area contributed by atoms with Gasteiger partial charge in [-0.2, -0.15) is 0 Å². The second kappa shape index (κ2) is 10.1. The number of methoxy groups -OCH3 is 1. The molecule has 1 aliphatic carbocycles. The molecule has 0 aromatic heterocycles. The summed E-state index contributed by atoms with van der Waals surface area (Å²) in [7, 11) is 1.61. The Hall–Kier alpha value is -3.15. The van der Waals surface area contributed by atoms with Crippen LogP contribution in [0, 0.1) is 12.8 Å². The van der Waals surface area contributed by atoms with Crippen LogP contribution in [0.5, 0.6) is 5.75 Å². The predicted octanol–water partition coefficient (Wildman–Crippen LogP) is 3.78. The minimum Gasteiger partial charge on any atom is -0.497 e. The maximum Gasteiger partial charge on any atom is 0.306 e. The van der Waals surface area contributed by atoms with Gasteiger partial charge in [-0.3, -0.25) is 14.4 Å². The molecule has 0 radical (unpaired) electrons. The summed E-state index contributed by atoms with van der Waals surface area (Å²) in [5.41, 5.74) is 2.63. The van der Waals surface area contributed by atoms with Gasteiger partial charge >= 0.3 is 5.97 Å². The number of amides is 1. The van der Waals surface area contributed by atoms with E-state index in [0.717, 1.165) is 29.7 Å². The zero-order valence-electron chi connectivity index (χ0n) is 17.4. The second-order valence-electron chi connectivity index (χ2n) is 7.61. The highest BCUT2D eigenvalue weighted by atomic mass is 16.5. The van der Waals surface area contributed by atoms with Gasteiger partial charge in [0, 0.05) is 12.0 Å². The number of hydrogen-bond donors (Lipinski definition) is 1. The SMILES string of the molecule is COc1ccc(C(NC(=O)COC(=O)CCC(=O)c2ccc(C)cc2)C2CC2)cc1. The Morgan fingerprint density at radius 2 is 1.67 bits per heavy atom. The summed E-state index contributed by atoms with van der Waals surface area (Å²) in [6, 6.07) is 14.7. The van der Waals surface area contributed by atoms with Gasteiger partial charge in [0.15, 0.2) is 12.4 Å². The Labute approximate surface area is 176 Å².